The molecule has 4 nitrogen and oxygen atoms in total. The summed E-state index contributed by atoms with van der Waals surface area (Å²) in [6.45, 7) is 0. The lowest BCUT2D eigenvalue weighted by atomic mass is 10.1. The van der Waals surface area contributed by atoms with Crippen LogP contribution in [0.15, 0.2) is 279 Å². The fourth-order valence-corrected chi connectivity index (χ4v) is 20.6. The van der Waals surface area contributed by atoms with Gasteiger partial charge in [0.2, 0.25) is 0 Å². The predicted molar refractivity (Wildman–Crippen MR) is 313 cm³/mol. The Kier molecular flexibility index (Phi) is 15.2. The maximum atomic E-state index is 15.7. The molecule has 0 aliphatic heterocycles. The SMILES string of the molecule is O=P(Cc1cc(C#Cc2cc(CP(=O)(c3ccccc3)c3ccccc3)cc(CP(=O)(c3ccccc3)c3ccccc3)c2)cc(CP(=O)(c2ccccc2)c2ccccc2)c1)(c1ccccc1)c1ccccc1. The van der Waals surface area contributed by atoms with Crippen LogP contribution in [0, 0.1) is 11.8 Å². The molecule has 10 aromatic carbocycles. The molecule has 0 saturated heterocycles. The molecule has 0 bridgehead atoms. The zero-order chi connectivity index (χ0) is 50.9. The van der Waals surface area contributed by atoms with Gasteiger partial charge in [0.1, 0.15) is 28.6 Å². The molecule has 10 aromatic rings. The average Bonchev–Trinajstić information content (AvgIpc) is 3.46. The zero-order valence-electron chi connectivity index (χ0n) is 40.8. The van der Waals surface area contributed by atoms with Crippen molar-refractivity contribution in [3.05, 3.63) is 312 Å². The quantitative estimate of drug-likeness (QED) is 0.0714. The number of hydrogen-bond acceptors (Lipinski definition) is 4. The van der Waals surface area contributed by atoms with Crippen molar-refractivity contribution in [2.24, 2.45) is 0 Å². The smallest absolute Gasteiger partial charge is 0.147 e. The molecule has 74 heavy (non-hydrogen) atoms. The van der Waals surface area contributed by atoms with Gasteiger partial charge in [0, 0.05) is 78.2 Å². The molecule has 0 aromatic heterocycles. The second-order valence-corrected chi connectivity index (χ2v) is 29.9. The maximum Gasteiger partial charge on any atom is 0.147 e. The molecule has 0 atom stereocenters. The van der Waals surface area contributed by atoms with Crippen LogP contribution in [0.2, 0.25) is 0 Å². The molecular formula is C66H54O4P4. The number of hydrogen-bond donors (Lipinski definition) is 0. The summed E-state index contributed by atoms with van der Waals surface area (Å²) in [6.07, 6.45) is 0.860. The van der Waals surface area contributed by atoms with E-state index in [0.29, 0.717) is 11.1 Å². The van der Waals surface area contributed by atoms with Gasteiger partial charge in [0.15, 0.2) is 0 Å². The normalized spacial score (nSPS) is 11.8. The Hall–Kier alpha value is -7.32. The van der Waals surface area contributed by atoms with Gasteiger partial charge in [-0.2, -0.15) is 0 Å². The molecule has 0 saturated carbocycles. The van der Waals surface area contributed by atoms with Crippen LogP contribution in [0.1, 0.15) is 33.4 Å². The summed E-state index contributed by atoms with van der Waals surface area (Å²) in [6, 6.07) is 89.4. The van der Waals surface area contributed by atoms with E-state index in [1.165, 1.54) is 0 Å². The molecule has 0 heterocycles. The Morgan fingerprint density at radius 2 is 0.365 bits per heavy atom. The van der Waals surface area contributed by atoms with Crippen LogP contribution in [-0.2, 0) is 42.9 Å². The summed E-state index contributed by atoms with van der Waals surface area (Å²) in [5.74, 6) is 7.02. The van der Waals surface area contributed by atoms with Gasteiger partial charge in [0.25, 0.3) is 0 Å². The van der Waals surface area contributed by atoms with Crippen LogP contribution < -0.4 is 42.4 Å². The van der Waals surface area contributed by atoms with Gasteiger partial charge >= 0.3 is 0 Å². The molecule has 0 aliphatic rings. The lowest BCUT2D eigenvalue weighted by Crippen LogP contribution is -2.18. The van der Waals surface area contributed by atoms with Gasteiger partial charge in [0.05, 0.1) is 0 Å². The topological polar surface area (TPSA) is 68.3 Å². The fourth-order valence-electron chi connectivity index (χ4n) is 9.88. The highest BCUT2D eigenvalue weighted by atomic mass is 31.2. The third kappa shape index (κ3) is 11.1. The minimum Gasteiger partial charge on any atom is -0.313 e. The lowest BCUT2D eigenvalue weighted by Gasteiger charge is -2.22. The van der Waals surface area contributed by atoms with Gasteiger partial charge in [-0.3, -0.25) is 0 Å². The van der Waals surface area contributed by atoms with E-state index in [-0.39, 0.29) is 24.6 Å². The standard InChI is InChI=1S/C66H54O4P4/c67-71(59-25-9-1-10-26-59,60-27-11-2-12-28-60)49-55-43-53(44-56(47-55)50-72(68,61-29-13-3-14-30-61)62-31-15-4-16-32-62)41-42-54-45-57(51-73(69,63-33-17-5-18-34-63)64-35-19-6-20-36-64)48-58(46-54)52-74(70,65-37-21-7-22-38-65)66-39-23-8-24-40-66/h1-40,43-48H,49-52H2. The first kappa shape index (κ1) is 50.2. The summed E-state index contributed by atoms with van der Waals surface area (Å²) >= 11 is 0. The van der Waals surface area contributed by atoms with E-state index in [9.17, 15) is 0 Å². The van der Waals surface area contributed by atoms with Gasteiger partial charge in [-0.15, -0.1) is 0 Å². The lowest BCUT2D eigenvalue weighted by molar-refractivity contribution is 0.585. The maximum absolute atomic E-state index is 15.7. The molecule has 0 aliphatic carbocycles. The van der Waals surface area contributed by atoms with E-state index in [1.54, 1.807) is 0 Å². The van der Waals surface area contributed by atoms with Crippen molar-refractivity contribution in [2.45, 2.75) is 24.6 Å². The van der Waals surface area contributed by atoms with Crippen molar-refractivity contribution in [1.29, 1.82) is 0 Å². The first-order valence-corrected chi connectivity index (χ1v) is 32.3. The molecule has 362 valence electrons. The van der Waals surface area contributed by atoms with Crippen LogP contribution >= 0.6 is 28.6 Å². The minimum atomic E-state index is -3.26. The van der Waals surface area contributed by atoms with Gasteiger partial charge < -0.3 is 18.3 Å². The molecule has 0 unspecified atom stereocenters. The van der Waals surface area contributed by atoms with Crippen LogP contribution in [0.4, 0.5) is 0 Å². The number of rotatable bonds is 16. The van der Waals surface area contributed by atoms with E-state index in [1.807, 2.05) is 267 Å². The van der Waals surface area contributed by atoms with E-state index in [4.69, 9.17) is 0 Å². The second kappa shape index (κ2) is 22.4. The molecule has 0 amide bonds. The first-order chi connectivity index (χ1) is 36.1. The zero-order valence-corrected chi connectivity index (χ0v) is 44.4. The predicted octanol–water partition coefficient (Wildman–Crippen LogP) is 13.1. The second-order valence-electron chi connectivity index (χ2n) is 18.6. The molecule has 10 rings (SSSR count). The third-order valence-electron chi connectivity index (χ3n) is 13.5. The van der Waals surface area contributed by atoms with Crippen molar-refractivity contribution in [1.82, 2.24) is 0 Å². The van der Waals surface area contributed by atoms with E-state index >= 15 is 18.3 Å². The molecule has 0 fully saturated rings. The van der Waals surface area contributed by atoms with E-state index in [0.717, 1.165) is 64.7 Å². The van der Waals surface area contributed by atoms with E-state index < -0.39 is 28.6 Å². The first-order valence-electron chi connectivity index (χ1n) is 24.7. The van der Waals surface area contributed by atoms with Crippen LogP contribution in [0.3, 0.4) is 0 Å². The van der Waals surface area contributed by atoms with Crippen LogP contribution in [-0.4, -0.2) is 0 Å². The van der Waals surface area contributed by atoms with Gasteiger partial charge in [-0.25, -0.2) is 0 Å². The Morgan fingerprint density at radius 3 is 0.514 bits per heavy atom. The Labute approximate surface area is 435 Å². The van der Waals surface area contributed by atoms with Crippen molar-refractivity contribution < 1.29 is 18.3 Å². The molecule has 0 radical (unpaired) electrons. The molecule has 0 N–H and O–H groups in total. The highest BCUT2D eigenvalue weighted by molar-refractivity contribution is 7.79. The summed E-state index contributed by atoms with van der Waals surface area (Å²) in [7, 11) is -13.0. The Bertz CT molecular complexity index is 3110. The van der Waals surface area contributed by atoms with Crippen molar-refractivity contribution in [2.75, 3.05) is 0 Å². The van der Waals surface area contributed by atoms with E-state index in [2.05, 4.69) is 24.0 Å². The summed E-state index contributed by atoms with van der Waals surface area (Å²) in [5.41, 5.74) is 4.57. The van der Waals surface area contributed by atoms with Gasteiger partial charge in [-0.05, 0) is 46.5 Å². The number of benzene rings is 10. The fraction of sp³-hybridized carbons (Fsp3) is 0.0606. The van der Waals surface area contributed by atoms with Gasteiger partial charge in [-0.1, -0.05) is 267 Å². The third-order valence-corrected chi connectivity index (χ3v) is 25.8. The van der Waals surface area contributed by atoms with Crippen molar-refractivity contribution in [3.63, 3.8) is 0 Å². The minimum absolute atomic E-state index is 0.215. The Balaban J connectivity index is 1.14. The largest absolute Gasteiger partial charge is 0.313 e. The summed E-state index contributed by atoms with van der Waals surface area (Å²) in [5, 5.41) is 6.00. The van der Waals surface area contributed by atoms with Crippen LogP contribution in [0.25, 0.3) is 0 Å². The Morgan fingerprint density at radius 1 is 0.216 bits per heavy atom. The monoisotopic (exact) mass is 1030 g/mol. The van der Waals surface area contributed by atoms with Crippen molar-refractivity contribution >= 4 is 71.0 Å². The molecule has 0 spiro atoms. The highest BCUT2D eigenvalue weighted by Crippen LogP contribution is 2.51. The summed E-state index contributed by atoms with van der Waals surface area (Å²) in [4.78, 5) is 0. The molecular weight excluding hydrogens is 981 g/mol. The summed E-state index contributed by atoms with van der Waals surface area (Å²) < 4.78 is 62.8. The van der Waals surface area contributed by atoms with Crippen LogP contribution in [0.5, 0.6) is 0 Å². The molecule has 8 heteroatoms. The van der Waals surface area contributed by atoms with Crippen molar-refractivity contribution in [3.8, 4) is 11.8 Å². The highest BCUT2D eigenvalue weighted by Gasteiger charge is 2.32. The average molecular weight is 1040 g/mol.